The first-order valence-corrected chi connectivity index (χ1v) is 5.86. The zero-order chi connectivity index (χ0) is 14.7. The van der Waals surface area contributed by atoms with Crippen LogP contribution in [-0.4, -0.2) is 10.8 Å². The number of carbonyl (C=O) groups is 1. The topological polar surface area (TPSA) is 72.2 Å². The van der Waals surface area contributed by atoms with E-state index in [0.29, 0.717) is 10.6 Å². The number of anilines is 1. The number of amides is 1. The van der Waals surface area contributed by atoms with Gasteiger partial charge in [0.1, 0.15) is 0 Å². The molecular formula is C13H8ClFN2O3. The van der Waals surface area contributed by atoms with Gasteiger partial charge in [-0.25, -0.2) is 0 Å². The summed E-state index contributed by atoms with van der Waals surface area (Å²) in [4.78, 5) is 21.7. The predicted molar refractivity (Wildman–Crippen MR) is 72.5 cm³/mol. The molecule has 0 spiro atoms. The lowest BCUT2D eigenvalue weighted by Gasteiger charge is -2.05. The largest absolute Gasteiger partial charge is 0.322 e. The monoisotopic (exact) mass is 294 g/mol. The molecule has 0 fully saturated rings. The van der Waals surface area contributed by atoms with E-state index in [9.17, 15) is 19.3 Å². The van der Waals surface area contributed by atoms with E-state index in [1.54, 1.807) is 18.2 Å². The van der Waals surface area contributed by atoms with E-state index >= 15 is 0 Å². The number of nitro benzene ring substituents is 1. The van der Waals surface area contributed by atoms with Crippen LogP contribution in [0.2, 0.25) is 5.02 Å². The number of carbonyl (C=O) groups excluding carboxylic acids is 1. The molecule has 0 unspecified atom stereocenters. The van der Waals surface area contributed by atoms with E-state index in [-0.39, 0.29) is 5.69 Å². The highest BCUT2D eigenvalue weighted by molar-refractivity contribution is 6.31. The summed E-state index contributed by atoms with van der Waals surface area (Å²) >= 11 is 5.76. The first-order valence-electron chi connectivity index (χ1n) is 5.48. The van der Waals surface area contributed by atoms with Crippen molar-refractivity contribution in [2.75, 3.05) is 5.32 Å². The molecule has 2 rings (SSSR count). The number of rotatable bonds is 3. The van der Waals surface area contributed by atoms with E-state index in [1.807, 2.05) is 0 Å². The lowest BCUT2D eigenvalue weighted by molar-refractivity contribution is -0.387. The molecule has 2 aromatic carbocycles. The summed E-state index contributed by atoms with van der Waals surface area (Å²) < 4.78 is 13.2. The zero-order valence-corrected chi connectivity index (χ0v) is 10.7. The van der Waals surface area contributed by atoms with Gasteiger partial charge in [0.15, 0.2) is 0 Å². The lowest BCUT2D eigenvalue weighted by atomic mass is 10.2. The molecule has 0 heterocycles. The van der Waals surface area contributed by atoms with Crippen LogP contribution in [-0.2, 0) is 0 Å². The summed E-state index contributed by atoms with van der Waals surface area (Å²) in [7, 11) is 0. The third kappa shape index (κ3) is 3.10. The Morgan fingerprint density at radius 3 is 2.65 bits per heavy atom. The van der Waals surface area contributed by atoms with Crippen molar-refractivity contribution in [1.82, 2.24) is 0 Å². The summed E-state index contributed by atoms with van der Waals surface area (Å²) in [6.45, 7) is 0. The maximum absolute atomic E-state index is 13.2. The maximum Gasteiger partial charge on any atom is 0.306 e. The highest BCUT2D eigenvalue weighted by Crippen LogP contribution is 2.22. The van der Waals surface area contributed by atoms with Gasteiger partial charge in [0.2, 0.25) is 5.82 Å². The second-order valence-electron chi connectivity index (χ2n) is 3.89. The highest BCUT2D eigenvalue weighted by Gasteiger charge is 2.15. The van der Waals surface area contributed by atoms with Crippen molar-refractivity contribution in [2.45, 2.75) is 0 Å². The van der Waals surface area contributed by atoms with Crippen molar-refractivity contribution in [3.05, 3.63) is 69.0 Å². The van der Waals surface area contributed by atoms with Gasteiger partial charge in [-0.15, -0.1) is 0 Å². The van der Waals surface area contributed by atoms with E-state index in [0.717, 1.165) is 12.1 Å². The number of nitrogens with one attached hydrogen (secondary N) is 1. The predicted octanol–water partition coefficient (Wildman–Crippen LogP) is 3.64. The van der Waals surface area contributed by atoms with Crippen molar-refractivity contribution in [2.24, 2.45) is 0 Å². The van der Waals surface area contributed by atoms with Gasteiger partial charge < -0.3 is 5.32 Å². The summed E-state index contributed by atoms with van der Waals surface area (Å²) in [5.41, 5.74) is -0.276. The summed E-state index contributed by atoms with van der Waals surface area (Å²) in [6, 6.07) is 9.33. The summed E-state index contributed by atoms with van der Waals surface area (Å²) in [5.74, 6) is -1.45. The molecule has 0 aliphatic carbocycles. The average molecular weight is 295 g/mol. The Kier molecular flexibility index (Phi) is 3.95. The van der Waals surface area contributed by atoms with Crippen LogP contribution < -0.4 is 5.32 Å². The molecule has 1 N–H and O–H groups in total. The SMILES string of the molecule is O=C(Nc1ccc(F)c([N+](=O)[O-])c1)c1cccc(Cl)c1. The highest BCUT2D eigenvalue weighted by atomic mass is 35.5. The molecule has 20 heavy (non-hydrogen) atoms. The van der Waals surface area contributed by atoms with E-state index in [2.05, 4.69) is 5.32 Å². The van der Waals surface area contributed by atoms with E-state index in [4.69, 9.17) is 11.6 Å². The van der Waals surface area contributed by atoms with Crippen molar-refractivity contribution in [3.8, 4) is 0 Å². The molecule has 102 valence electrons. The Morgan fingerprint density at radius 2 is 2.00 bits per heavy atom. The van der Waals surface area contributed by atoms with Crippen molar-refractivity contribution >= 4 is 28.9 Å². The first-order chi connectivity index (χ1) is 9.47. The maximum atomic E-state index is 13.2. The Labute approximate surface area is 118 Å². The number of nitrogens with zero attached hydrogens (tertiary/aromatic N) is 1. The third-order valence-corrected chi connectivity index (χ3v) is 2.72. The molecule has 0 radical (unpaired) electrons. The van der Waals surface area contributed by atoms with Gasteiger partial charge in [0.05, 0.1) is 4.92 Å². The normalized spacial score (nSPS) is 10.1. The first kappa shape index (κ1) is 14.0. The van der Waals surface area contributed by atoms with Crippen LogP contribution >= 0.6 is 11.6 Å². The van der Waals surface area contributed by atoms with Gasteiger partial charge in [-0.05, 0) is 30.3 Å². The molecule has 0 atom stereocenters. The Morgan fingerprint density at radius 1 is 1.25 bits per heavy atom. The zero-order valence-electron chi connectivity index (χ0n) is 9.97. The van der Waals surface area contributed by atoms with Gasteiger partial charge >= 0.3 is 5.69 Å². The second-order valence-corrected chi connectivity index (χ2v) is 4.32. The van der Waals surface area contributed by atoms with Gasteiger partial charge in [-0.1, -0.05) is 17.7 Å². The molecular weight excluding hydrogens is 287 g/mol. The fourth-order valence-electron chi connectivity index (χ4n) is 1.56. The number of nitro groups is 1. The van der Waals surface area contributed by atoms with Gasteiger partial charge in [0, 0.05) is 22.3 Å². The number of benzene rings is 2. The molecule has 0 aliphatic heterocycles. The summed E-state index contributed by atoms with van der Waals surface area (Å²) in [5, 5.41) is 13.4. The van der Waals surface area contributed by atoms with Gasteiger partial charge in [-0.3, -0.25) is 14.9 Å². The third-order valence-electron chi connectivity index (χ3n) is 2.49. The minimum atomic E-state index is -0.962. The molecule has 1 amide bonds. The Hall–Kier alpha value is -2.47. The van der Waals surface area contributed by atoms with E-state index in [1.165, 1.54) is 12.1 Å². The van der Waals surface area contributed by atoms with Crippen LogP contribution in [0.5, 0.6) is 0 Å². The van der Waals surface area contributed by atoms with Gasteiger partial charge in [-0.2, -0.15) is 4.39 Å². The van der Waals surface area contributed by atoms with Crippen molar-refractivity contribution in [3.63, 3.8) is 0 Å². The minimum absolute atomic E-state index is 0.128. The van der Waals surface area contributed by atoms with Crippen LogP contribution in [0.25, 0.3) is 0 Å². The minimum Gasteiger partial charge on any atom is -0.322 e. The Balaban J connectivity index is 2.24. The fourth-order valence-corrected chi connectivity index (χ4v) is 1.75. The molecule has 5 nitrogen and oxygen atoms in total. The molecule has 7 heteroatoms. The fraction of sp³-hybridized carbons (Fsp3) is 0. The van der Waals surface area contributed by atoms with E-state index < -0.39 is 22.3 Å². The van der Waals surface area contributed by atoms with Crippen LogP contribution in [0.4, 0.5) is 15.8 Å². The van der Waals surface area contributed by atoms with Crippen molar-refractivity contribution < 1.29 is 14.1 Å². The molecule has 2 aromatic rings. The van der Waals surface area contributed by atoms with Crippen molar-refractivity contribution in [1.29, 1.82) is 0 Å². The smallest absolute Gasteiger partial charge is 0.306 e. The second kappa shape index (κ2) is 5.66. The molecule has 0 aromatic heterocycles. The quantitative estimate of drug-likeness (QED) is 0.694. The Bertz CT molecular complexity index is 691. The van der Waals surface area contributed by atoms with Gasteiger partial charge in [0.25, 0.3) is 5.91 Å². The average Bonchev–Trinajstić information content (AvgIpc) is 2.40. The molecule has 0 saturated heterocycles. The lowest BCUT2D eigenvalue weighted by Crippen LogP contribution is -2.12. The van der Waals surface area contributed by atoms with Crippen LogP contribution in [0, 0.1) is 15.9 Å². The summed E-state index contributed by atoms with van der Waals surface area (Å²) in [6.07, 6.45) is 0. The molecule has 0 aliphatic rings. The number of halogens is 2. The van der Waals surface area contributed by atoms with Crippen LogP contribution in [0.1, 0.15) is 10.4 Å². The molecule has 0 bridgehead atoms. The molecule has 0 saturated carbocycles. The number of hydrogen-bond donors (Lipinski definition) is 1. The number of hydrogen-bond acceptors (Lipinski definition) is 3. The van der Waals surface area contributed by atoms with Crippen LogP contribution in [0.3, 0.4) is 0 Å². The van der Waals surface area contributed by atoms with Crippen LogP contribution in [0.15, 0.2) is 42.5 Å². The standard InChI is InChI=1S/C13H8ClFN2O3/c14-9-3-1-2-8(6-9)13(18)16-10-4-5-11(15)12(7-10)17(19)20/h1-7H,(H,16,18).